The van der Waals surface area contributed by atoms with Crippen LogP contribution in [0.4, 0.5) is 10.5 Å². The Labute approximate surface area is 125 Å². The van der Waals surface area contributed by atoms with E-state index in [0.29, 0.717) is 23.7 Å². The van der Waals surface area contributed by atoms with Crippen molar-refractivity contribution in [2.75, 3.05) is 11.9 Å². The zero-order valence-electron chi connectivity index (χ0n) is 12.9. The number of carbonyl (C=O) groups excluding carboxylic acids is 1. The first-order valence-electron chi connectivity index (χ1n) is 7.29. The molecule has 1 aromatic carbocycles. The molecule has 0 heterocycles. The summed E-state index contributed by atoms with van der Waals surface area (Å²) in [5.74, 6) is -0.275. The largest absolute Gasteiger partial charge is 0.478 e. The number of unbranched alkanes of at least 4 members (excludes halogenated alkanes) is 1. The van der Waals surface area contributed by atoms with Gasteiger partial charge in [0, 0.05) is 12.2 Å². The number of carboxylic acids is 1. The van der Waals surface area contributed by atoms with Crippen LogP contribution in [-0.2, 0) is 0 Å². The maximum Gasteiger partial charge on any atom is 0.335 e. The first-order valence-corrected chi connectivity index (χ1v) is 7.29. The number of urea groups is 1. The summed E-state index contributed by atoms with van der Waals surface area (Å²) >= 11 is 0. The quantitative estimate of drug-likeness (QED) is 0.671. The fourth-order valence-corrected chi connectivity index (χ4v) is 2.04. The third-order valence-electron chi connectivity index (χ3n) is 3.21. The second-order valence-corrected chi connectivity index (χ2v) is 5.61. The average Bonchev–Trinajstić information content (AvgIpc) is 2.37. The smallest absolute Gasteiger partial charge is 0.335 e. The minimum atomic E-state index is -0.964. The number of hydrogen-bond acceptors (Lipinski definition) is 2. The fraction of sp³-hybridized carbons (Fsp3) is 0.500. The number of hydrogen-bond donors (Lipinski definition) is 3. The number of aryl methyl sites for hydroxylation is 1. The number of rotatable bonds is 7. The van der Waals surface area contributed by atoms with Crippen LogP contribution in [0.3, 0.4) is 0 Å². The van der Waals surface area contributed by atoms with Gasteiger partial charge in [-0.25, -0.2) is 9.59 Å². The summed E-state index contributed by atoms with van der Waals surface area (Å²) in [6.07, 6.45) is 3.23. The Morgan fingerprint density at radius 2 is 1.95 bits per heavy atom. The van der Waals surface area contributed by atoms with Gasteiger partial charge in [-0.2, -0.15) is 0 Å². The summed E-state index contributed by atoms with van der Waals surface area (Å²) in [6.45, 7) is 6.72. The van der Waals surface area contributed by atoms with Gasteiger partial charge >= 0.3 is 12.0 Å². The van der Waals surface area contributed by atoms with Crippen LogP contribution in [-0.4, -0.2) is 23.7 Å². The van der Waals surface area contributed by atoms with Gasteiger partial charge in [0.15, 0.2) is 0 Å². The molecule has 0 saturated carbocycles. The van der Waals surface area contributed by atoms with Crippen molar-refractivity contribution in [1.29, 1.82) is 0 Å². The van der Waals surface area contributed by atoms with Crippen molar-refractivity contribution in [1.82, 2.24) is 5.32 Å². The van der Waals surface area contributed by atoms with Crippen LogP contribution in [0.15, 0.2) is 18.2 Å². The van der Waals surface area contributed by atoms with Crippen molar-refractivity contribution in [2.24, 2.45) is 5.92 Å². The highest BCUT2D eigenvalue weighted by atomic mass is 16.4. The van der Waals surface area contributed by atoms with Crippen LogP contribution in [0, 0.1) is 12.8 Å². The van der Waals surface area contributed by atoms with E-state index in [9.17, 15) is 9.59 Å². The lowest BCUT2D eigenvalue weighted by molar-refractivity contribution is 0.0696. The predicted molar refractivity (Wildman–Crippen MR) is 83.8 cm³/mol. The van der Waals surface area contributed by atoms with Crippen molar-refractivity contribution >= 4 is 17.7 Å². The van der Waals surface area contributed by atoms with Gasteiger partial charge in [0.1, 0.15) is 0 Å². The molecule has 5 nitrogen and oxygen atoms in total. The zero-order valence-corrected chi connectivity index (χ0v) is 12.9. The van der Waals surface area contributed by atoms with Crippen LogP contribution in [0.5, 0.6) is 0 Å². The molecule has 0 saturated heterocycles. The summed E-state index contributed by atoms with van der Waals surface area (Å²) in [5, 5.41) is 14.4. The topological polar surface area (TPSA) is 78.4 Å². The number of carboxylic acid groups (broad SMARTS) is 1. The van der Waals surface area contributed by atoms with Crippen LogP contribution in [0.1, 0.15) is 49.0 Å². The first-order chi connectivity index (χ1) is 9.90. The lowest BCUT2D eigenvalue weighted by Gasteiger charge is -2.09. The van der Waals surface area contributed by atoms with Gasteiger partial charge in [0.2, 0.25) is 0 Å². The minimum Gasteiger partial charge on any atom is -0.478 e. The molecule has 0 atom stereocenters. The van der Waals surface area contributed by atoms with E-state index in [1.165, 1.54) is 12.5 Å². The van der Waals surface area contributed by atoms with Gasteiger partial charge in [-0.3, -0.25) is 0 Å². The van der Waals surface area contributed by atoms with Gasteiger partial charge < -0.3 is 15.7 Å². The van der Waals surface area contributed by atoms with E-state index in [2.05, 4.69) is 24.5 Å². The van der Waals surface area contributed by atoms with Crippen molar-refractivity contribution < 1.29 is 14.7 Å². The summed E-state index contributed by atoms with van der Waals surface area (Å²) in [4.78, 5) is 22.6. The molecule has 3 N–H and O–H groups in total. The number of anilines is 1. The lowest BCUT2D eigenvalue weighted by Crippen LogP contribution is -2.29. The highest BCUT2D eigenvalue weighted by Gasteiger charge is 2.08. The third kappa shape index (κ3) is 6.29. The Morgan fingerprint density at radius 1 is 1.24 bits per heavy atom. The maximum atomic E-state index is 11.7. The van der Waals surface area contributed by atoms with Gasteiger partial charge in [0.05, 0.1) is 5.56 Å². The van der Waals surface area contributed by atoms with E-state index in [1.54, 1.807) is 19.1 Å². The summed E-state index contributed by atoms with van der Waals surface area (Å²) in [5.41, 5.74) is 1.46. The molecule has 116 valence electrons. The maximum absolute atomic E-state index is 11.7. The van der Waals surface area contributed by atoms with Crippen molar-refractivity contribution in [2.45, 2.75) is 40.0 Å². The molecule has 0 aromatic heterocycles. The molecule has 0 aliphatic carbocycles. The minimum absolute atomic E-state index is 0.245. The molecule has 5 heteroatoms. The monoisotopic (exact) mass is 292 g/mol. The molecule has 0 aliphatic heterocycles. The standard InChI is InChI=1S/C16H24N2O3/c1-11(2)6-4-5-9-17-16(21)18-13-7-8-14(15(19)20)12(3)10-13/h7-8,10-11H,4-6,9H2,1-3H3,(H,19,20)(H2,17,18,21). The molecule has 21 heavy (non-hydrogen) atoms. The van der Waals surface area contributed by atoms with E-state index in [4.69, 9.17) is 5.11 Å². The second-order valence-electron chi connectivity index (χ2n) is 5.61. The number of benzene rings is 1. The summed E-state index contributed by atoms with van der Waals surface area (Å²) < 4.78 is 0. The molecule has 0 unspecified atom stereocenters. The Morgan fingerprint density at radius 3 is 2.52 bits per heavy atom. The zero-order chi connectivity index (χ0) is 15.8. The number of carbonyl (C=O) groups is 2. The van der Waals surface area contributed by atoms with E-state index in [0.717, 1.165) is 12.8 Å². The van der Waals surface area contributed by atoms with Crippen molar-refractivity contribution in [3.05, 3.63) is 29.3 Å². The van der Waals surface area contributed by atoms with E-state index >= 15 is 0 Å². The van der Waals surface area contributed by atoms with E-state index in [-0.39, 0.29) is 11.6 Å². The second kappa shape index (κ2) is 8.29. The van der Waals surface area contributed by atoms with Crippen LogP contribution in [0.2, 0.25) is 0 Å². The van der Waals surface area contributed by atoms with Crippen LogP contribution < -0.4 is 10.6 Å². The van der Waals surface area contributed by atoms with Crippen molar-refractivity contribution in [3.8, 4) is 0 Å². The molecule has 1 aromatic rings. The fourth-order valence-electron chi connectivity index (χ4n) is 2.04. The Kier molecular flexibility index (Phi) is 6.72. The number of aromatic carboxylic acids is 1. The predicted octanol–water partition coefficient (Wildman–Crippen LogP) is 3.64. The summed E-state index contributed by atoms with van der Waals surface area (Å²) in [6, 6.07) is 4.48. The van der Waals surface area contributed by atoms with Gasteiger partial charge in [-0.1, -0.05) is 26.7 Å². The Hall–Kier alpha value is -2.04. The van der Waals surface area contributed by atoms with Crippen LogP contribution >= 0.6 is 0 Å². The van der Waals surface area contributed by atoms with Gasteiger partial charge in [0.25, 0.3) is 0 Å². The lowest BCUT2D eigenvalue weighted by atomic mass is 10.1. The first kappa shape index (κ1) is 17.0. The van der Waals surface area contributed by atoms with E-state index in [1.807, 2.05) is 0 Å². The molecule has 0 radical (unpaired) electrons. The summed E-state index contributed by atoms with van der Waals surface area (Å²) in [7, 11) is 0. The van der Waals surface area contributed by atoms with Gasteiger partial charge in [-0.05, 0) is 43.0 Å². The highest BCUT2D eigenvalue weighted by molar-refractivity contribution is 5.92. The normalized spacial score (nSPS) is 10.5. The molecular weight excluding hydrogens is 268 g/mol. The Balaban J connectivity index is 2.38. The SMILES string of the molecule is Cc1cc(NC(=O)NCCCCC(C)C)ccc1C(=O)O. The molecule has 0 bridgehead atoms. The van der Waals surface area contributed by atoms with Gasteiger partial charge in [-0.15, -0.1) is 0 Å². The average molecular weight is 292 g/mol. The number of amides is 2. The molecule has 0 aliphatic rings. The molecule has 0 spiro atoms. The highest BCUT2D eigenvalue weighted by Crippen LogP contribution is 2.15. The molecule has 2 amide bonds. The van der Waals surface area contributed by atoms with E-state index < -0.39 is 5.97 Å². The molecular formula is C16H24N2O3. The third-order valence-corrected chi connectivity index (χ3v) is 3.21. The van der Waals surface area contributed by atoms with Crippen LogP contribution in [0.25, 0.3) is 0 Å². The molecule has 1 rings (SSSR count). The number of nitrogens with one attached hydrogen (secondary N) is 2. The Bertz CT molecular complexity index is 498. The van der Waals surface area contributed by atoms with Crippen molar-refractivity contribution in [3.63, 3.8) is 0 Å². The molecule has 0 fully saturated rings.